The van der Waals surface area contributed by atoms with Crippen molar-refractivity contribution in [1.29, 1.82) is 0 Å². The van der Waals surface area contributed by atoms with Gasteiger partial charge in [-0.1, -0.05) is 48.2 Å². The number of carbonyl (C=O) groups is 1. The minimum atomic E-state index is -0.123. The number of nitrogens with one attached hydrogen (secondary N) is 1. The first-order valence-electron chi connectivity index (χ1n) is 9.90. The van der Waals surface area contributed by atoms with E-state index < -0.39 is 0 Å². The molecule has 0 saturated heterocycles. The molecule has 0 aliphatic carbocycles. The number of nitrogens with zero attached hydrogens (tertiary/aromatic N) is 2. The van der Waals surface area contributed by atoms with E-state index in [1.54, 1.807) is 18.2 Å². The molecule has 5 rings (SSSR count). The Morgan fingerprint density at radius 3 is 2.55 bits per heavy atom. The molecule has 6 nitrogen and oxygen atoms in total. The van der Waals surface area contributed by atoms with Gasteiger partial charge in [-0.3, -0.25) is 4.79 Å². The molecule has 0 radical (unpaired) electrons. The lowest BCUT2D eigenvalue weighted by Crippen LogP contribution is -2.17. The minimum absolute atomic E-state index is 0.123. The third-order valence-corrected chi connectivity index (χ3v) is 5.78. The summed E-state index contributed by atoms with van der Waals surface area (Å²) in [6.07, 6.45) is 0. The van der Waals surface area contributed by atoms with Gasteiger partial charge in [0.05, 0.1) is 11.4 Å². The van der Waals surface area contributed by atoms with Crippen molar-refractivity contribution in [2.45, 2.75) is 5.03 Å². The summed E-state index contributed by atoms with van der Waals surface area (Å²) in [4.78, 5) is 12.3. The van der Waals surface area contributed by atoms with Crippen LogP contribution < -0.4 is 14.8 Å². The lowest BCUT2D eigenvalue weighted by atomic mass is 10.1. The average molecular weight is 430 g/mol. The highest BCUT2D eigenvalue weighted by Crippen LogP contribution is 2.32. The van der Waals surface area contributed by atoms with Crippen LogP contribution in [0.3, 0.4) is 0 Å². The minimum Gasteiger partial charge on any atom is -0.486 e. The van der Waals surface area contributed by atoms with Gasteiger partial charge in [0, 0.05) is 17.3 Å². The van der Waals surface area contributed by atoms with Crippen LogP contribution in [0.5, 0.6) is 11.5 Å². The predicted octanol–water partition coefficient (Wildman–Crippen LogP) is 4.80. The van der Waals surface area contributed by atoms with Gasteiger partial charge in [-0.2, -0.15) is 0 Å². The van der Waals surface area contributed by atoms with Crippen LogP contribution in [0.15, 0.2) is 77.8 Å². The van der Waals surface area contributed by atoms with Gasteiger partial charge in [0.15, 0.2) is 11.5 Å². The van der Waals surface area contributed by atoms with Crippen molar-refractivity contribution in [2.24, 2.45) is 0 Å². The van der Waals surface area contributed by atoms with E-state index in [1.165, 1.54) is 17.1 Å². The first kappa shape index (κ1) is 19.4. The molecule has 0 fully saturated rings. The zero-order valence-electron chi connectivity index (χ0n) is 16.6. The molecule has 7 heteroatoms. The number of fused-ring (bicyclic) bond motifs is 2. The molecule has 1 aliphatic heterocycles. The van der Waals surface area contributed by atoms with Crippen molar-refractivity contribution >= 4 is 34.1 Å². The highest BCUT2D eigenvalue weighted by molar-refractivity contribution is 7.99. The molecular weight excluding hydrogens is 410 g/mol. The number of thioether (sulfide) groups is 1. The van der Waals surface area contributed by atoms with Crippen LogP contribution in [0.1, 0.15) is 0 Å². The van der Waals surface area contributed by atoms with E-state index in [-0.39, 0.29) is 11.7 Å². The summed E-state index contributed by atoms with van der Waals surface area (Å²) >= 11 is 1.34. The maximum atomic E-state index is 12.3. The molecule has 2 heterocycles. The summed E-state index contributed by atoms with van der Waals surface area (Å²) in [6, 6.07) is 23.6. The Morgan fingerprint density at radius 2 is 1.71 bits per heavy atom. The fourth-order valence-corrected chi connectivity index (χ4v) is 3.97. The number of amides is 1. The maximum absolute atomic E-state index is 12.3. The van der Waals surface area contributed by atoms with Crippen molar-refractivity contribution in [3.05, 3.63) is 72.8 Å². The van der Waals surface area contributed by atoms with Crippen LogP contribution in [0.2, 0.25) is 0 Å². The van der Waals surface area contributed by atoms with Crippen LogP contribution >= 0.6 is 11.8 Å². The van der Waals surface area contributed by atoms with Gasteiger partial charge < -0.3 is 14.8 Å². The van der Waals surface area contributed by atoms with Crippen LogP contribution in [-0.4, -0.2) is 35.1 Å². The number of hydrogen-bond donors (Lipinski definition) is 1. The molecule has 1 N–H and O–H groups in total. The Kier molecular flexibility index (Phi) is 5.41. The second-order valence-corrected chi connectivity index (χ2v) is 8.01. The molecule has 0 bridgehead atoms. The number of rotatable bonds is 5. The third kappa shape index (κ3) is 4.46. The Morgan fingerprint density at radius 1 is 0.871 bits per heavy atom. The van der Waals surface area contributed by atoms with Gasteiger partial charge in [0.25, 0.3) is 0 Å². The highest BCUT2D eigenvalue weighted by atomic mass is 32.2. The van der Waals surface area contributed by atoms with Gasteiger partial charge in [-0.05, 0) is 41.1 Å². The van der Waals surface area contributed by atoms with Crippen LogP contribution in [0, 0.1) is 0 Å². The molecule has 0 spiro atoms. The van der Waals surface area contributed by atoms with E-state index in [0.717, 1.165) is 16.6 Å². The monoisotopic (exact) mass is 429 g/mol. The second kappa shape index (κ2) is 8.65. The largest absolute Gasteiger partial charge is 0.486 e. The predicted molar refractivity (Wildman–Crippen MR) is 122 cm³/mol. The topological polar surface area (TPSA) is 73.3 Å². The van der Waals surface area contributed by atoms with Crippen molar-refractivity contribution in [2.75, 3.05) is 24.3 Å². The van der Waals surface area contributed by atoms with Crippen LogP contribution in [0.4, 0.5) is 5.69 Å². The summed E-state index contributed by atoms with van der Waals surface area (Å²) in [6.45, 7) is 1.05. The molecule has 0 atom stereocenters. The van der Waals surface area contributed by atoms with E-state index in [4.69, 9.17) is 9.47 Å². The number of benzene rings is 3. The number of carbonyl (C=O) groups excluding carboxylic acids is 1. The molecule has 1 amide bonds. The highest BCUT2D eigenvalue weighted by Gasteiger charge is 2.13. The van der Waals surface area contributed by atoms with Gasteiger partial charge in [-0.15, -0.1) is 10.2 Å². The summed E-state index contributed by atoms with van der Waals surface area (Å²) in [5.41, 5.74) is 2.49. The van der Waals surface area contributed by atoms with Gasteiger partial charge in [0.2, 0.25) is 5.91 Å². The van der Waals surface area contributed by atoms with Crippen LogP contribution in [-0.2, 0) is 4.79 Å². The Bertz CT molecular complexity index is 1240. The average Bonchev–Trinajstić information content (AvgIpc) is 2.83. The van der Waals surface area contributed by atoms with E-state index in [2.05, 4.69) is 39.8 Å². The zero-order chi connectivity index (χ0) is 21.0. The smallest absolute Gasteiger partial charge is 0.234 e. The zero-order valence-corrected chi connectivity index (χ0v) is 17.4. The second-order valence-electron chi connectivity index (χ2n) is 7.01. The maximum Gasteiger partial charge on any atom is 0.234 e. The van der Waals surface area contributed by atoms with E-state index in [9.17, 15) is 4.79 Å². The molecular formula is C24H19N3O3S. The summed E-state index contributed by atoms with van der Waals surface area (Å²) in [5, 5.41) is 14.5. The Balaban J connectivity index is 1.20. The van der Waals surface area contributed by atoms with E-state index in [1.807, 2.05) is 30.3 Å². The van der Waals surface area contributed by atoms with E-state index in [0.29, 0.717) is 35.4 Å². The molecule has 1 aliphatic rings. The van der Waals surface area contributed by atoms with Crippen molar-refractivity contribution in [3.63, 3.8) is 0 Å². The van der Waals surface area contributed by atoms with Gasteiger partial charge >= 0.3 is 0 Å². The van der Waals surface area contributed by atoms with E-state index >= 15 is 0 Å². The van der Waals surface area contributed by atoms with Crippen molar-refractivity contribution < 1.29 is 14.3 Å². The Labute approximate surface area is 183 Å². The summed E-state index contributed by atoms with van der Waals surface area (Å²) in [5.74, 6) is 1.45. The summed E-state index contributed by atoms with van der Waals surface area (Å²) < 4.78 is 11.0. The molecule has 154 valence electrons. The molecule has 3 aromatic carbocycles. The number of anilines is 1. The van der Waals surface area contributed by atoms with Gasteiger partial charge in [-0.25, -0.2) is 0 Å². The number of hydrogen-bond acceptors (Lipinski definition) is 6. The number of aromatic nitrogens is 2. The fraction of sp³-hybridized carbons (Fsp3) is 0.125. The van der Waals surface area contributed by atoms with Crippen molar-refractivity contribution in [3.8, 4) is 22.8 Å². The lowest BCUT2D eigenvalue weighted by Gasteiger charge is -2.18. The standard InChI is InChI=1S/C24H19N3O3S/c28-23(25-19-7-9-21-22(14-19)30-12-11-29-21)15-31-24-10-8-20(26-27-24)18-6-5-16-3-1-2-4-17(16)13-18/h1-10,13-14H,11-12,15H2,(H,25,28). The molecule has 1 aromatic heterocycles. The molecule has 0 saturated carbocycles. The quantitative estimate of drug-likeness (QED) is 0.460. The fourth-order valence-electron chi connectivity index (χ4n) is 3.36. The first-order chi connectivity index (χ1) is 15.2. The molecule has 31 heavy (non-hydrogen) atoms. The Hall–Kier alpha value is -3.58. The third-order valence-electron chi connectivity index (χ3n) is 4.86. The lowest BCUT2D eigenvalue weighted by molar-refractivity contribution is -0.113. The summed E-state index contributed by atoms with van der Waals surface area (Å²) in [7, 11) is 0. The normalized spacial score (nSPS) is 12.5. The first-order valence-corrected chi connectivity index (χ1v) is 10.9. The molecule has 4 aromatic rings. The van der Waals surface area contributed by atoms with Crippen LogP contribution in [0.25, 0.3) is 22.0 Å². The van der Waals surface area contributed by atoms with Crippen molar-refractivity contribution in [1.82, 2.24) is 10.2 Å². The van der Waals surface area contributed by atoms with Gasteiger partial charge in [0.1, 0.15) is 18.2 Å². The molecule has 0 unspecified atom stereocenters. The SMILES string of the molecule is O=C(CSc1ccc(-c2ccc3ccccc3c2)nn1)Nc1ccc2c(c1)OCCO2. The number of ether oxygens (including phenoxy) is 2.